The van der Waals surface area contributed by atoms with Crippen LogP contribution in [0.15, 0.2) is 54.6 Å². The summed E-state index contributed by atoms with van der Waals surface area (Å²) >= 11 is 0. The molecule has 4 heterocycles. The highest BCUT2D eigenvalue weighted by Gasteiger charge is 2.72. The minimum Gasteiger partial charge on any atom is -0.394 e. The molecule has 198 valence electrons. The molecule has 1 unspecified atom stereocenters. The quantitative estimate of drug-likeness (QED) is 0.597. The summed E-state index contributed by atoms with van der Waals surface area (Å²) in [5.41, 5.74) is -0.530. The van der Waals surface area contributed by atoms with Crippen molar-refractivity contribution in [3.63, 3.8) is 0 Å². The molecule has 4 aliphatic heterocycles. The van der Waals surface area contributed by atoms with Gasteiger partial charge in [0, 0.05) is 24.8 Å². The van der Waals surface area contributed by atoms with Crippen LogP contribution in [-0.4, -0.2) is 82.2 Å². The molecule has 2 saturated heterocycles. The van der Waals surface area contributed by atoms with Crippen LogP contribution in [0.25, 0.3) is 0 Å². The number of carbonyl (C=O) groups excluding carboxylic acids is 3. The average Bonchev–Trinajstić information content (AvgIpc) is 3.20. The van der Waals surface area contributed by atoms with Gasteiger partial charge in [-0.1, -0.05) is 62.8 Å². The van der Waals surface area contributed by atoms with Crippen molar-refractivity contribution in [2.24, 2.45) is 17.8 Å². The molecule has 7 atom stereocenters. The molecule has 5 rings (SSSR count). The number of likely N-dealkylation sites (tertiary alicyclic amines) is 1. The summed E-state index contributed by atoms with van der Waals surface area (Å²) in [6.45, 7) is 8.39. The topological polar surface area (TPSA) is 90.4 Å². The van der Waals surface area contributed by atoms with E-state index in [4.69, 9.17) is 4.74 Å². The standard InChI is InChI=1S/C29H37N3O5/c1-5-19(4)21(17-33)32-25-28(36)30(18(2)3)16-10-14-29(25)24(27(32)35)23-22(37-29)13-9-15-31(26(23)34)20-11-7-6-8-12-20/h6-14,18-19,21-25,33H,5,15-17H2,1-4H3/t19-,21-,22+,23-,24-,25?,29-/m0/s1. The van der Waals surface area contributed by atoms with Gasteiger partial charge in [-0.25, -0.2) is 0 Å². The first-order valence-electron chi connectivity index (χ1n) is 13.4. The number of amides is 3. The highest BCUT2D eigenvalue weighted by Crippen LogP contribution is 2.54. The number of hydrogen-bond donors (Lipinski definition) is 1. The summed E-state index contributed by atoms with van der Waals surface area (Å²) in [6, 6.07) is 7.83. The number of carbonyl (C=O) groups is 3. The SMILES string of the molecule is CC[C@H](C)[C@H](CO)N1C(=O)[C@@H]2[C@H]3C(=O)N(c4ccccc4)CC=C[C@H]3O[C@@]23C=CCN(C(C)C)C(=O)C13. The van der Waals surface area contributed by atoms with Gasteiger partial charge in [0.1, 0.15) is 11.6 Å². The number of fused-ring (bicyclic) bond motifs is 2. The molecule has 1 aromatic carbocycles. The molecule has 0 bridgehead atoms. The largest absolute Gasteiger partial charge is 0.394 e. The Hall–Kier alpha value is -2.97. The summed E-state index contributed by atoms with van der Waals surface area (Å²) in [5, 5.41) is 10.4. The summed E-state index contributed by atoms with van der Waals surface area (Å²) in [7, 11) is 0. The minimum atomic E-state index is -1.28. The Balaban J connectivity index is 1.64. The first-order valence-corrected chi connectivity index (χ1v) is 13.4. The van der Waals surface area contributed by atoms with E-state index >= 15 is 0 Å². The van der Waals surface area contributed by atoms with Crippen molar-refractivity contribution in [1.29, 1.82) is 0 Å². The van der Waals surface area contributed by atoms with E-state index < -0.39 is 35.6 Å². The van der Waals surface area contributed by atoms with Crippen molar-refractivity contribution in [2.75, 3.05) is 24.6 Å². The van der Waals surface area contributed by atoms with Crippen LogP contribution in [0.1, 0.15) is 34.1 Å². The second-order valence-electron chi connectivity index (χ2n) is 10.9. The smallest absolute Gasteiger partial charge is 0.249 e. The molecule has 0 saturated carbocycles. The molecule has 1 aromatic rings. The van der Waals surface area contributed by atoms with E-state index in [1.807, 2.05) is 82.3 Å². The van der Waals surface area contributed by atoms with E-state index in [-0.39, 0.29) is 36.3 Å². The number of anilines is 1. The van der Waals surface area contributed by atoms with Crippen molar-refractivity contribution in [2.45, 2.75) is 63.9 Å². The van der Waals surface area contributed by atoms with E-state index in [0.29, 0.717) is 13.1 Å². The molecular weight excluding hydrogens is 470 g/mol. The number of rotatable bonds is 6. The molecule has 0 aromatic heterocycles. The molecule has 1 spiro atoms. The summed E-state index contributed by atoms with van der Waals surface area (Å²) in [6.07, 6.45) is 7.63. The Bertz CT molecular complexity index is 1120. The third-order valence-corrected chi connectivity index (χ3v) is 8.66. The predicted octanol–water partition coefficient (Wildman–Crippen LogP) is 2.38. The first-order chi connectivity index (χ1) is 17.8. The van der Waals surface area contributed by atoms with Crippen molar-refractivity contribution in [3.05, 3.63) is 54.6 Å². The Morgan fingerprint density at radius 1 is 1.03 bits per heavy atom. The number of aliphatic hydroxyl groups is 1. The maximum absolute atomic E-state index is 14.4. The average molecular weight is 508 g/mol. The monoisotopic (exact) mass is 507 g/mol. The van der Waals surface area contributed by atoms with Crippen LogP contribution in [0.3, 0.4) is 0 Å². The van der Waals surface area contributed by atoms with Crippen LogP contribution in [0, 0.1) is 17.8 Å². The Kier molecular flexibility index (Phi) is 6.75. The third kappa shape index (κ3) is 3.84. The van der Waals surface area contributed by atoms with Gasteiger partial charge < -0.3 is 24.5 Å². The van der Waals surface area contributed by atoms with Crippen molar-refractivity contribution < 1.29 is 24.2 Å². The number of ether oxygens (including phenoxy) is 1. The van der Waals surface area contributed by atoms with Gasteiger partial charge in [-0.05, 0) is 31.9 Å². The van der Waals surface area contributed by atoms with Gasteiger partial charge in [-0.2, -0.15) is 0 Å². The molecule has 0 radical (unpaired) electrons. The van der Waals surface area contributed by atoms with E-state index in [9.17, 15) is 19.5 Å². The van der Waals surface area contributed by atoms with E-state index in [0.717, 1.165) is 12.1 Å². The fraction of sp³-hybridized carbons (Fsp3) is 0.552. The van der Waals surface area contributed by atoms with Gasteiger partial charge in [0.15, 0.2) is 0 Å². The first kappa shape index (κ1) is 25.7. The van der Waals surface area contributed by atoms with Crippen molar-refractivity contribution in [3.8, 4) is 0 Å². The summed E-state index contributed by atoms with van der Waals surface area (Å²) in [5.74, 6) is -2.37. The van der Waals surface area contributed by atoms with Crippen LogP contribution in [-0.2, 0) is 19.1 Å². The fourth-order valence-electron chi connectivity index (χ4n) is 6.57. The van der Waals surface area contributed by atoms with Crippen molar-refractivity contribution in [1.82, 2.24) is 9.80 Å². The van der Waals surface area contributed by atoms with E-state index in [1.54, 1.807) is 14.7 Å². The maximum atomic E-state index is 14.4. The van der Waals surface area contributed by atoms with Gasteiger partial charge in [0.25, 0.3) is 0 Å². The van der Waals surface area contributed by atoms with Crippen LogP contribution in [0.5, 0.6) is 0 Å². The van der Waals surface area contributed by atoms with Gasteiger partial charge in [-0.3, -0.25) is 14.4 Å². The minimum absolute atomic E-state index is 0.0429. The Morgan fingerprint density at radius 2 is 1.76 bits per heavy atom. The molecule has 8 heteroatoms. The molecule has 4 aliphatic rings. The molecular formula is C29H37N3O5. The summed E-state index contributed by atoms with van der Waals surface area (Å²) < 4.78 is 6.69. The van der Waals surface area contributed by atoms with Crippen LogP contribution in [0.4, 0.5) is 5.69 Å². The molecule has 0 aliphatic carbocycles. The van der Waals surface area contributed by atoms with E-state index in [2.05, 4.69) is 0 Å². The fourth-order valence-corrected chi connectivity index (χ4v) is 6.57. The number of para-hydroxylation sites is 1. The van der Waals surface area contributed by atoms with Crippen molar-refractivity contribution >= 4 is 23.4 Å². The van der Waals surface area contributed by atoms with Gasteiger partial charge >= 0.3 is 0 Å². The number of nitrogens with zero attached hydrogens (tertiary/aromatic N) is 3. The van der Waals surface area contributed by atoms with E-state index in [1.165, 1.54) is 0 Å². The predicted molar refractivity (Wildman–Crippen MR) is 139 cm³/mol. The molecule has 37 heavy (non-hydrogen) atoms. The zero-order valence-corrected chi connectivity index (χ0v) is 22.0. The lowest BCUT2D eigenvalue weighted by atomic mass is 9.77. The van der Waals surface area contributed by atoms with Crippen LogP contribution >= 0.6 is 0 Å². The third-order valence-electron chi connectivity index (χ3n) is 8.66. The van der Waals surface area contributed by atoms with Crippen LogP contribution in [0.2, 0.25) is 0 Å². The Labute approximate surface area is 218 Å². The zero-order chi connectivity index (χ0) is 26.5. The van der Waals surface area contributed by atoms with Gasteiger partial charge in [-0.15, -0.1) is 0 Å². The normalized spacial score (nSPS) is 32.8. The lowest BCUT2D eigenvalue weighted by molar-refractivity contribution is -0.152. The molecule has 2 fully saturated rings. The number of hydrogen-bond acceptors (Lipinski definition) is 5. The number of aliphatic hydroxyl groups excluding tert-OH is 1. The second-order valence-corrected chi connectivity index (χ2v) is 10.9. The highest BCUT2D eigenvalue weighted by atomic mass is 16.5. The zero-order valence-electron chi connectivity index (χ0n) is 22.0. The van der Waals surface area contributed by atoms with Gasteiger partial charge in [0.05, 0.1) is 30.6 Å². The van der Waals surface area contributed by atoms with Gasteiger partial charge in [0.2, 0.25) is 17.7 Å². The highest BCUT2D eigenvalue weighted by molar-refractivity contribution is 6.04. The lowest BCUT2D eigenvalue weighted by Crippen LogP contribution is -2.60. The molecule has 3 amide bonds. The Morgan fingerprint density at radius 3 is 2.41 bits per heavy atom. The number of benzene rings is 1. The molecule has 8 nitrogen and oxygen atoms in total. The molecule has 1 N–H and O–H groups in total. The second kappa shape index (κ2) is 9.72. The summed E-state index contributed by atoms with van der Waals surface area (Å²) in [4.78, 5) is 47.7. The lowest BCUT2D eigenvalue weighted by Gasteiger charge is -2.41. The van der Waals surface area contributed by atoms with Crippen LogP contribution < -0.4 is 4.90 Å². The maximum Gasteiger partial charge on any atom is 0.249 e.